The predicted molar refractivity (Wildman–Crippen MR) is 75.8 cm³/mol. The van der Waals surface area contributed by atoms with Crippen LogP contribution in [0.25, 0.3) is 0 Å². The largest absolute Gasteiger partial charge is 0.330 e. The Morgan fingerprint density at radius 2 is 1.71 bits per heavy atom. The van der Waals surface area contributed by atoms with Crippen molar-refractivity contribution in [3.8, 4) is 0 Å². The molecule has 0 spiro atoms. The van der Waals surface area contributed by atoms with E-state index in [4.69, 9.17) is 28.9 Å². The third-order valence-corrected chi connectivity index (χ3v) is 3.69. The summed E-state index contributed by atoms with van der Waals surface area (Å²) in [5, 5.41) is 1.45. The van der Waals surface area contributed by atoms with Crippen molar-refractivity contribution in [1.82, 2.24) is 4.90 Å². The van der Waals surface area contributed by atoms with Gasteiger partial charge in [0.2, 0.25) is 0 Å². The fourth-order valence-corrected chi connectivity index (χ4v) is 2.81. The van der Waals surface area contributed by atoms with E-state index >= 15 is 0 Å². The van der Waals surface area contributed by atoms with E-state index in [-0.39, 0.29) is 6.04 Å². The van der Waals surface area contributed by atoms with Gasteiger partial charge < -0.3 is 5.73 Å². The van der Waals surface area contributed by atoms with Crippen LogP contribution in [-0.4, -0.2) is 24.5 Å². The Labute approximate surface area is 114 Å². The van der Waals surface area contributed by atoms with Crippen molar-refractivity contribution in [3.63, 3.8) is 0 Å². The molecule has 17 heavy (non-hydrogen) atoms. The van der Waals surface area contributed by atoms with E-state index in [1.54, 1.807) is 0 Å². The van der Waals surface area contributed by atoms with Gasteiger partial charge in [0, 0.05) is 21.7 Å². The number of hydrogen-bond acceptors (Lipinski definition) is 2. The summed E-state index contributed by atoms with van der Waals surface area (Å²) in [6.07, 6.45) is 0.866. The van der Waals surface area contributed by atoms with Crippen LogP contribution < -0.4 is 5.73 Å². The summed E-state index contributed by atoms with van der Waals surface area (Å²) in [5.41, 5.74) is 6.71. The lowest BCUT2D eigenvalue weighted by Crippen LogP contribution is -2.30. The number of halogens is 2. The molecule has 0 aliphatic heterocycles. The molecule has 0 heterocycles. The Morgan fingerprint density at radius 1 is 1.18 bits per heavy atom. The van der Waals surface area contributed by atoms with Crippen LogP contribution in [0.4, 0.5) is 0 Å². The van der Waals surface area contributed by atoms with E-state index in [1.807, 2.05) is 18.2 Å². The minimum atomic E-state index is 0.205. The molecule has 1 aromatic carbocycles. The van der Waals surface area contributed by atoms with E-state index in [9.17, 15) is 0 Å². The smallest absolute Gasteiger partial charge is 0.0468 e. The summed E-state index contributed by atoms with van der Waals surface area (Å²) in [7, 11) is 0. The zero-order valence-electron chi connectivity index (χ0n) is 10.4. The van der Waals surface area contributed by atoms with E-state index in [0.717, 1.165) is 35.1 Å². The second kappa shape index (κ2) is 7.22. The lowest BCUT2D eigenvalue weighted by Gasteiger charge is -2.31. The maximum atomic E-state index is 6.27. The molecule has 1 atom stereocenters. The molecule has 0 radical (unpaired) electrons. The number of nitrogens with two attached hydrogens (primary N) is 1. The molecule has 96 valence electrons. The summed E-state index contributed by atoms with van der Waals surface area (Å²) in [6, 6.07) is 5.85. The number of rotatable bonds is 6. The van der Waals surface area contributed by atoms with Gasteiger partial charge in [-0.2, -0.15) is 0 Å². The van der Waals surface area contributed by atoms with Gasteiger partial charge in [-0.1, -0.05) is 43.1 Å². The molecule has 0 saturated heterocycles. The fraction of sp³-hybridized carbons (Fsp3) is 0.538. The van der Waals surface area contributed by atoms with Gasteiger partial charge in [0.05, 0.1) is 0 Å². The molecule has 0 bridgehead atoms. The first-order chi connectivity index (χ1) is 8.15. The Bertz CT molecular complexity index is 331. The van der Waals surface area contributed by atoms with Crippen molar-refractivity contribution in [3.05, 3.63) is 33.8 Å². The molecule has 4 heteroatoms. The normalized spacial score (nSPS) is 13.1. The molecule has 0 fully saturated rings. The maximum absolute atomic E-state index is 6.27. The Morgan fingerprint density at radius 3 is 2.12 bits per heavy atom. The van der Waals surface area contributed by atoms with E-state index in [0.29, 0.717) is 6.54 Å². The summed E-state index contributed by atoms with van der Waals surface area (Å²) in [5.74, 6) is 0. The van der Waals surface area contributed by atoms with Crippen LogP contribution in [0.15, 0.2) is 18.2 Å². The van der Waals surface area contributed by atoms with Crippen LogP contribution >= 0.6 is 23.2 Å². The van der Waals surface area contributed by atoms with Gasteiger partial charge in [0.15, 0.2) is 0 Å². The van der Waals surface area contributed by atoms with Crippen molar-refractivity contribution >= 4 is 23.2 Å². The molecule has 0 aromatic heterocycles. The topological polar surface area (TPSA) is 29.3 Å². The number of hydrogen-bond donors (Lipinski definition) is 1. The number of benzene rings is 1. The lowest BCUT2D eigenvalue weighted by molar-refractivity contribution is 0.210. The van der Waals surface area contributed by atoms with Gasteiger partial charge in [-0.3, -0.25) is 4.90 Å². The first-order valence-electron chi connectivity index (χ1n) is 6.03. The van der Waals surface area contributed by atoms with E-state index in [2.05, 4.69) is 18.7 Å². The molecule has 0 aliphatic rings. The van der Waals surface area contributed by atoms with Gasteiger partial charge in [0.1, 0.15) is 0 Å². The maximum Gasteiger partial charge on any atom is 0.0468 e. The fourth-order valence-electron chi connectivity index (χ4n) is 2.16. The third-order valence-electron chi connectivity index (χ3n) is 3.03. The van der Waals surface area contributed by atoms with Crippen LogP contribution in [-0.2, 0) is 0 Å². The van der Waals surface area contributed by atoms with Crippen LogP contribution in [0.3, 0.4) is 0 Å². The van der Waals surface area contributed by atoms with Gasteiger partial charge in [0.25, 0.3) is 0 Å². The molecule has 1 unspecified atom stereocenters. The molecule has 1 rings (SSSR count). The summed E-state index contributed by atoms with van der Waals surface area (Å²) < 4.78 is 0. The van der Waals surface area contributed by atoms with Crippen molar-refractivity contribution in [2.24, 2.45) is 5.73 Å². The zero-order valence-corrected chi connectivity index (χ0v) is 11.9. The number of nitrogens with zero attached hydrogens (tertiary/aromatic N) is 1. The zero-order chi connectivity index (χ0) is 12.8. The van der Waals surface area contributed by atoms with Crippen LogP contribution in [0, 0.1) is 0 Å². The third kappa shape index (κ3) is 3.59. The van der Waals surface area contributed by atoms with Gasteiger partial charge in [-0.25, -0.2) is 0 Å². The minimum Gasteiger partial charge on any atom is -0.330 e. The minimum absolute atomic E-state index is 0.205. The monoisotopic (exact) mass is 274 g/mol. The van der Waals surface area contributed by atoms with Crippen LogP contribution in [0.2, 0.25) is 10.0 Å². The highest BCUT2D eigenvalue weighted by Crippen LogP contribution is 2.35. The SMILES string of the molecule is CCN(CC)C(CCN)c1c(Cl)cccc1Cl. The molecular weight excluding hydrogens is 255 g/mol. The van der Waals surface area contributed by atoms with Gasteiger partial charge in [-0.05, 0) is 38.2 Å². The van der Waals surface area contributed by atoms with Crippen LogP contribution in [0.1, 0.15) is 31.9 Å². The van der Waals surface area contributed by atoms with Gasteiger partial charge in [-0.15, -0.1) is 0 Å². The Balaban J connectivity index is 3.12. The molecule has 1 aromatic rings. The molecule has 2 nitrogen and oxygen atoms in total. The second-order valence-corrected chi connectivity index (χ2v) is 4.76. The Hall–Kier alpha value is -0.280. The van der Waals surface area contributed by atoms with E-state index < -0.39 is 0 Å². The second-order valence-electron chi connectivity index (χ2n) is 3.95. The Kier molecular flexibility index (Phi) is 6.28. The first kappa shape index (κ1) is 14.8. The predicted octanol–water partition coefficient (Wildman–Crippen LogP) is 3.73. The van der Waals surface area contributed by atoms with Crippen molar-refractivity contribution in [1.29, 1.82) is 0 Å². The average Bonchev–Trinajstić information content (AvgIpc) is 2.30. The van der Waals surface area contributed by atoms with Crippen LogP contribution in [0.5, 0.6) is 0 Å². The van der Waals surface area contributed by atoms with Gasteiger partial charge >= 0.3 is 0 Å². The van der Waals surface area contributed by atoms with E-state index in [1.165, 1.54) is 0 Å². The molecule has 0 amide bonds. The highest BCUT2D eigenvalue weighted by atomic mass is 35.5. The molecular formula is C13H20Cl2N2. The summed E-state index contributed by atoms with van der Waals surface area (Å²) in [4.78, 5) is 2.33. The average molecular weight is 275 g/mol. The summed E-state index contributed by atoms with van der Waals surface area (Å²) >= 11 is 12.5. The molecule has 2 N–H and O–H groups in total. The lowest BCUT2D eigenvalue weighted by atomic mass is 10.0. The molecule has 0 saturated carbocycles. The quantitative estimate of drug-likeness (QED) is 0.857. The highest BCUT2D eigenvalue weighted by molar-refractivity contribution is 6.36. The van der Waals surface area contributed by atoms with Crippen molar-refractivity contribution in [2.45, 2.75) is 26.3 Å². The van der Waals surface area contributed by atoms with Crippen molar-refractivity contribution < 1.29 is 0 Å². The molecule has 0 aliphatic carbocycles. The standard InChI is InChI=1S/C13H20Cl2N2/c1-3-17(4-2)12(8-9-16)13-10(14)6-5-7-11(13)15/h5-7,12H,3-4,8-9,16H2,1-2H3. The van der Waals surface area contributed by atoms with Crippen molar-refractivity contribution in [2.75, 3.05) is 19.6 Å². The first-order valence-corrected chi connectivity index (χ1v) is 6.79. The summed E-state index contributed by atoms with van der Waals surface area (Å²) in [6.45, 7) is 6.82. The highest BCUT2D eigenvalue weighted by Gasteiger charge is 2.21.